The number of aliphatic hydroxyl groups excluding tert-OH is 1. The van der Waals surface area contributed by atoms with Gasteiger partial charge < -0.3 is 20.6 Å². The van der Waals surface area contributed by atoms with Crippen LogP contribution in [0.4, 0.5) is 0 Å². The van der Waals surface area contributed by atoms with Crippen LogP contribution < -0.4 is 10.6 Å². The molecule has 4 rings (SSSR count). The number of nitrogens with zero attached hydrogens (tertiary/aromatic N) is 1. The monoisotopic (exact) mass is 501 g/mol. The predicted molar refractivity (Wildman–Crippen MR) is 149 cm³/mol. The van der Waals surface area contributed by atoms with E-state index in [-0.39, 0.29) is 17.4 Å². The second-order valence-electron chi connectivity index (χ2n) is 13.4. The number of nitrogens with one attached hydrogen (secondary N) is 2. The number of hydrogen-bond acceptors (Lipinski definition) is 4. The van der Waals surface area contributed by atoms with E-state index in [1.54, 1.807) is 11.1 Å². The van der Waals surface area contributed by atoms with Gasteiger partial charge in [-0.1, -0.05) is 44.8 Å². The van der Waals surface area contributed by atoms with Gasteiger partial charge in [-0.2, -0.15) is 0 Å². The minimum Gasteiger partial charge on any atom is -0.393 e. The molecule has 3 fully saturated rings. The van der Waals surface area contributed by atoms with Gasteiger partial charge in [-0.05, 0) is 99.8 Å². The summed E-state index contributed by atoms with van der Waals surface area (Å²) < 4.78 is 0. The number of aliphatic hydroxyl groups is 1. The van der Waals surface area contributed by atoms with Crippen molar-refractivity contribution in [2.45, 2.75) is 111 Å². The van der Waals surface area contributed by atoms with Crippen molar-refractivity contribution in [1.29, 1.82) is 0 Å². The summed E-state index contributed by atoms with van der Waals surface area (Å²) >= 11 is 0. The highest BCUT2D eigenvalue weighted by Gasteiger charge is 2.58. The van der Waals surface area contributed by atoms with E-state index >= 15 is 0 Å². The molecule has 3 N–H and O–H groups in total. The Morgan fingerprint density at radius 2 is 1.81 bits per heavy atom. The Morgan fingerprint density at radius 1 is 1.06 bits per heavy atom. The third kappa shape index (κ3) is 6.21. The number of amides is 1. The van der Waals surface area contributed by atoms with Gasteiger partial charge in [0.2, 0.25) is 5.91 Å². The number of unbranched alkanes of at least 4 members (excludes halogenated alkanes) is 3. The minimum absolute atomic E-state index is 0.0131. The molecule has 1 amide bonds. The van der Waals surface area contributed by atoms with Gasteiger partial charge in [-0.15, -0.1) is 0 Å². The minimum atomic E-state index is -0.164. The van der Waals surface area contributed by atoms with Crippen molar-refractivity contribution >= 4 is 5.91 Å². The maximum Gasteiger partial charge on any atom is 0.220 e. The van der Waals surface area contributed by atoms with Crippen molar-refractivity contribution in [1.82, 2.24) is 15.5 Å². The maximum atomic E-state index is 12.7. The molecule has 3 unspecified atom stereocenters. The van der Waals surface area contributed by atoms with E-state index in [0.29, 0.717) is 29.6 Å². The van der Waals surface area contributed by atoms with Crippen molar-refractivity contribution in [3.8, 4) is 0 Å². The lowest BCUT2D eigenvalue weighted by molar-refractivity contribution is -0.149. The molecule has 5 nitrogen and oxygen atoms in total. The lowest BCUT2D eigenvalue weighted by atomic mass is 9.43. The first-order chi connectivity index (χ1) is 17.2. The largest absolute Gasteiger partial charge is 0.393 e. The third-order valence-electron chi connectivity index (χ3n) is 11.0. The highest BCUT2D eigenvalue weighted by Crippen LogP contribution is 2.64. The molecule has 4 aliphatic rings. The van der Waals surface area contributed by atoms with Crippen molar-refractivity contribution in [2.24, 2.45) is 28.6 Å². The second-order valence-corrected chi connectivity index (χ2v) is 13.4. The quantitative estimate of drug-likeness (QED) is 0.281. The Morgan fingerprint density at radius 3 is 2.58 bits per heavy atom. The van der Waals surface area contributed by atoms with Crippen LogP contribution in [0.15, 0.2) is 11.1 Å². The summed E-state index contributed by atoms with van der Waals surface area (Å²) in [6.45, 7) is 16.2. The van der Waals surface area contributed by atoms with Crippen LogP contribution in [0, 0.1) is 28.6 Å². The molecule has 0 spiro atoms. The van der Waals surface area contributed by atoms with Gasteiger partial charge in [0.25, 0.3) is 0 Å². The van der Waals surface area contributed by atoms with E-state index in [9.17, 15) is 9.90 Å². The topological polar surface area (TPSA) is 64.6 Å². The lowest BCUT2D eigenvalue weighted by Gasteiger charge is -2.62. The number of piperazine rings is 1. The normalized spacial score (nSPS) is 34.7. The average Bonchev–Trinajstić information content (AvgIpc) is 2.86. The Hall–Kier alpha value is -0.910. The van der Waals surface area contributed by atoms with Crippen LogP contribution in [0.3, 0.4) is 0 Å². The molecular formula is C31H55N3O2. The molecule has 0 bridgehead atoms. The van der Waals surface area contributed by atoms with Crippen molar-refractivity contribution in [2.75, 3.05) is 39.3 Å². The van der Waals surface area contributed by atoms with E-state index in [0.717, 1.165) is 45.3 Å². The number of rotatable bonds is 10. The van der Waals surface area contributed by atoms with Crippen molar-refractivity contribution in [3.05, 3.63) is 11.1 Å². The molecule has 0 radical (unpaired) electrons. The van der Waals surface area contributed by atoms with Crippen LogP contribution >= 0.6 is 0 Å². The predicted octanol–water partition coefficient (Wildman–Crippen LogP) is 5.29. The molecule has 1 heterocycles. The number of fused-ring (bicyclic) bond motifs is 3. The molecular weight excluding hydrogens is 446 g/mol. The van der Waals surface area contributed by atoms with Gasteiger partial charge in [-0.25, -0.2) is 0 Å². The van der Waals surface area contributed by atoms with Crippen LogP contribution in [0.1, 0.15) is 105 Å². The standard InChI is InChI=1S/C31H55N3O2/c1-23-9-12-26-25(10-13-27-30(2,3)28(35)15-16-31(26,27)4)24(23)11-14-29(36)33-17-7-5-6-8-20-34-21-18-32-19-22-34/h25-28,32,35H,5-22H2,1-4H3,(H,33,36)/t25?,26-,27?,28?,31+/m0/s1. The van der Waals surface area contributed by atoms with Crippen molar-refractivity contribution in [3.63, 3.8) is 0 Å². The van der Waals surface area contributed by atoms with E-state index in [2.05, 4.69) is 43.2 Å². The first-order valence-electron chi connectivity index (χ1n) is 15.3. The van der Waals surface area contributed by atoms with Gasteiger partial charge in [-0.3, -0.25) is 4.79 Å². The summed E-state index contributed by atoms with van der Waals surface area (Å²) in [6, 6.07) is 0. The SMILES string of the molecule is CC1=C(CCC(=O)NCCCCCCN2CCNCC2)C2CCC3C(C)(C)C(O)CC[C@]3(C)[C@H]2CC1. The smallest absolute Gasteiger partial charge is 0.220 e. The average molecular weight is 502 g/mol. The zero-order chi connectivity index (χ0) is 25.8. The number of carbonyl (C=O) groups excluding carboxylic acids is 1. The zero-order valence-electron chi connectivity index (χ0n) is 23.8. The fourth-order valence-corrected chi connectivity index (χ4v) is 8.74. The van der Waals surface area contributed by atoms with Crippen LogP contribution in [0.5, 0.6) is 0 Å². The van der Waals surface area contributed by atoms with Gasteiger partial charge >= 0.3 is 0 Å². The molecule has 0 aromatic heterocycles. The Bertz CT molecular complexity index is 772. The van der Waals surface area contributed by atoms with Gasteiger partial charge in [0.1, 0.15) is 0 Å². The number of carbonyl (C=O) groups is 1. The fourth-order valence-electron chi connectivity index (χ4n) is 8.74. The van der Waals surface area contributed by atoms with Gasteiger partial charge in [0, 0.05) is 39.1 Å². The summed E-state index contributed by atoms with van der Waals surface area (Å²) in [5.74, 6) is 2.20. The zero-order valence-corrected chi connectivity index (χ0v) is 23.8. The van der Waals surface area contributed by atoms with E-state index < -0.39 is 0 Å². The Kier molecular flexibility index (Phi) is 9.60. The molecule has 1 aliphatic heterocycles. The second kappa shape index (κ2) is 12.3. The number of allylic oxidation sites excluding steroid dienone is 2. The summed E-state index contributed by atoms with van der Waals surface area (Å²) in [7, 11) is 0. The van der Waals surface area contributed by atoms with Crippen molar-refractivity contribution < 1.29 is 9.90 Å². The molecule has 3 aliphatic carbocycles. The summed E-state index contributed by atoms with van der Waals surface area (Å²) in [4.78, 5) is 15.3. The molecule has 0 aromatic rings. The molecule has 2 saturated carbocycles. The number of hydrogen-bond donors (Lipinski definition) is 3. The molecule has 1 saturated heterocycles. The van der Waals surface area contributed by atoms with Crippen LogP contribution in [0.2, 0.25) is 0 Å². The van der Waals surface area contributed by atoms with E-state index in [1.807, 2.05) is 0 Å². The maximum absolute atomic E-state index is 12.7. The van der Waals surface area contributed by atoms with Crippen LogP contribution in [-0.2, 0) is 4.79 Å². The fraction of sp³-hybridized carbons (Fsp3) is 0.903. The highest BCUT2D eigenvalue weighted by molar-refractivity contribution is 5.76. The van der Waals surface area contributed by atoms with E-state index in [4.69, 9.17) is 0 Å². The first kappa shape index (κ1) is 28.1. The summed E-state index contributed by atoms with van der Waals surface area (Å²) in [5.41, 5.74) is 3.51. The molecule has 206 valence electrons. The van der Waals surface area contributed by atoms with Crippen LogP contribution in [0.25, 0.3) is 0 Å². The Labute approximate surface area is 221 Å². The molecule has 5 atom stereocenters. The summed E-state index contributed by atoms with van der Waals surface area (Å²) in [5, 5.41) is 17.4. The molecule has 36 heavy (non-hydrogen) atoms. The molecule has 0 aromatic carbocycles. The highest BCUT2D eigenvalue weighted by atomic mass is 16.3. The molecule has 5 heteroatoms. The third-order valence-corrected chi connectivity index (χ3v) is 11.0. The van der Waals surface area contributed by atoms with Gasteiger partial charge in [0.05, 0.1) is 6.10 Å². The van der Waals surface area contributed by atoms with Crippen LogP contribution in [-0.4, -0.2) is 61.3 Å². The Balaban J connectivity index is 1.19. The van der Waals surface area contributed by atoms with E-state index in [1.165, 1.54) is 64.6 Å². The van der Waals surface area contributed by atoms with Gasteiger partial charge in [0.15, 0.2) is 0 Å². The lowest BCUT2D eigenvalue weighted by Crippen LogP contribution is -2.56. The summed E-state index contributed by atoms with van der Waals surface area (Å²) in [6.07, 6.45) is 13.3. The first-order valence-corrected chi connectivity index (χ1v) is 15.3.